The van der Waals surface area contributed by atoms with Crippen LogP contribution in [0, 0.1) is 0 Å². The molecule has 0 aromatic carbocycles. The third kappa shape index (κ3) is 2.26. The lowest BCUT2D eigenvalue weighted by atomic mass is 10.2. The standard InChI is InChI=1S/C10H10O6S/c11-4-5(12)8-9(7(13)10(14)16-8)15-6-2-1-3-17-6/h1-3,5,8,11-13H,4H2/t5-,8+/m0/s1. The molecule has 1 aromatic rings. The number of rotatable bonds is 4. The fraction of sp³-hybridized carbons (Fsp3) is 0.300. The Morgan fingerprint density at radius 2 is 2.35 bits per heavy atom. The topological polar surface area (TPSA) is 96.2 Å². The van der Waals surface area contributed by atoms with Gasteiger partial charge in [-0.05, 0) is 17.5 Å². The summed E-state index contributed by atoms with van der Waals surface area (Å²) in [5.74, 6) is -1.84. The van der Waals surface area contributed by atoms with Gasteiger partial charge in [-0.1, -0.05) is 0 Å². The predicted octanol–water partition coefficient (Wildman–Crippen LogP) is 0.175. The van der Waals surface area contributed by atoms with Crippen LogP contribution in [-0.2, 0) is 9.53 Å². The Morgan fingerprint density at radius 1 is 1.59 bits per heavy atom. The summed E-state index contributed by atoms with van der Waals surface area (Å²) >= 11 is 1.26. The van der Waals surface area contributed by atoms with Crippen LogP contribution in [0.25, 0.3) is 0 Å². The van der Waals surface area contributed by atoms with E-state index in [0.717, 1.165) is 0 Å². The molecule has 2 heterocycles. The highest BCUT2D eigenvalue weighted by molar-refractivity contribution is 7.11. The van der Waals surface area contributed by atoms with Gasteiger partial charge in [0.05, 0.1) is 6.61 Å². The van der Waals surface area contributed by atoms with E-state index < -0.39 is 30.5 Å². The van der Waals surface area contributed by atoms with E-state index in [1.165, 1.54) is 11.3 Å². The first-order chi connectivity index (χ1) is 8.13. The Balaban J connectivity index is 2.23. The number of carbonyl (C=O) groups excluding carboxylic acids is 1. The van der Waals surface area contributed by atoms with Gasteiger partial charge in [-0.25, -0.2) is 4.79 Å². The quantitative estimate of drug-likeness (QED) is 0.666. The molecule has 0 bridgehead atoms. The maximum atomic E-state index is 11.1. The van der Waals surface area contributed by atoms with Crippen molar-refractivity contribution in [2.75, 3.05) is 6.61 Å². The zero-order valence-electron chi connectivity index (χ0n) is 8.57. The summed E-state index contributed by atoms with van der Waals surface area (Å²) < 4.78 is 9.96. The lowest BCUT2D eigenvalue weighted by Gasteiger charge is -2.17. The summed E-state index contributed by atoms with van der Waals surface area (Å²) in [6.07, 6.45) is -2.52. The second kappa shape index (κ2) is 4.74. The molecule has 7 heteroatoms. The second-order valence-corrected chi connectivity index (χ2v) is 4.23. The van der Waals surface area contributed by atoms with E-state index in [1.807, 2.05) is 0 Å². The van der Waals surface area contributed by atoms with Crippen LogP contribution in [0.2, 0.25) is 0 Å². The average molecular weight is 258 g/mol. The molecule has 0 unspecified atom stereocenters. The number of cyclic esters (lactones) is 1. The van der Waals surface area contributed by atoms with E-state index in [9.17, 15) is 15.0 Å². The van der Waals surface area contributed by atoms with Crippen LogP contribution in [0.3, 0.4) is 0 Å². The van der Waals surface area contributed by atoms with Crippen LogP contribution in [0.4, 0.5) is 0 Å². The van der Waals surface area contributed by atoms with Gasteiger partial charge in [0, 0.05) is 0 Å². The Hall–Kier alpha value is -1.57. The fourth-order valence-electron chi connectivity index (χ4n) is 1.35. The monoisotopic (exact) mass is 258 g/mol. The number of aliphatic hydroxyl groups is 3. The first-order valence-corrected chi connectivity index (χ1v) is 5.66. The molecule has 1 aliphatic heterocycles. The van der Waals surface area contributed by atoms with Gasteiger partial charge >= 0.3 is 5.97 Å². The smallest absolute Gasteiger partial charge is 0.378 e. The van der Waals surface area contributed by atoms with Crippen molar-refractivity contribution in [2.45, 2.75) is 12.2 Å². The molecule has 2 atom stereocenters. The van der Waals surface area contributed by atoms with Gasteiger partial charge in [-0.15, -0.1) is 11.3 Å². The Kier molecular flexibility index (Phi) is 3.32. The summed E-state index contributed by atoms with van der Waals surface area (Å²) in [7, 11) is 0. The Labute approximate surface area is 100 Å². The van der Waals surface area contributed by atoms with Gasteiger partial charge < -0.3 is 24.8 Å². The molecule has 17 heavy (non-hydrogen) atoms. The molecule has 0 radical (unpaired) electrons. The van der Waals surface area contributed by atoms with Crippen LogP contribution in [0.1, 0.15) is 0 Å². The number of esters is 1. The zero-order valence-corrected chi connectivity index (χ0v) is 9.38. The normalized spacial score (nSPS) is 21.5. The van der Waals surface area contributed by atoms with Crippen molar-refractivity contribution in [1.29, 1.82) is 0 Å². The van der Waals surface area contributed by atoms with Crippen molar-refractivity contribution in [3.05, 3.63) is 29.0 Å². The molecule has 1 aliphatic rings. The predicted molar refractivity (Wildman–Crippen MR) is 57.6 cm³/mol. The lowest BCUT2D eigenvalue weighted by Crippen LogP contribution is -2.33. The van der Waals surface area contributed by atoms with Crippen LogP contribution in [0.15, 0.2) is 29.0 Å². The molecule has 0 fully saturated rings. The highest BCUT2D eigenvalue weighted by Gasteiger charge is 2.41. The molecule has 0 aliphatic carbocycles. The SMILES string of the molecule is O=C1O[C@H]([C@@H](O)CO)C(Oc2cccs2)=C1O. The molecule has 0 amide bonds. The van der Waals surface area contributed by atoms with Gasteiger partial charge in [-0.2, -0.15) is 0 Å². The largest absolute Gasteiger partial charge is 0.499 e. The number of aliphatic hydroxyl groups excluding tert-OH is 3. The van der Waals surface area contributed by atoms with E-state index in [0.29, 0.717) is 5.06 Å². The summed E-state index contributed by atoms with van der Waals surface area (Å²) in [5, 5.41) is 29.9. The molecule has 6 nitrogen and oxygen atoms in total. The zero-order chi connectivity index (χ0) is 12.4. The fourth-order valence-corrected chi connectivity index (χ4v) is 1.93. The highest BCUT2D eigenvalue weighted by atomic mass is 32.1. The van der Waals surface area contributed by atoms with Gasteiger partial charge in [0.1, 0.15) is 6.10 Å². The van der Waals surface area contributed by atoms with Crippen molar-refractivity contribution in [3.8, 4) is 5.06 Å². The van der Waals surface area contributed by atoms with Gasteiger partial charge in [0.2, 0.25) is 5.76 Å². The maximum Gasteiger partial charge on any atom is 0.378 e. The molecule has 92 valence electrons. The summed E-state index contributed by atoms with van der Waals surface area (Å²) in [5.41, 5.74) is 0. The third-order valence-electron chi connectivity index (χ3n) is 2.16. The Morgan fingerprint density at radius 3 is 2.94 bits per heavy atom. The molecule has 0 saturated heterocycles. The lowest BCUT2D eigenvalue weighted by molar-refractivity contribution is -0.147. The van der Waals surface area contributed by atoms with Gasteiger partial charge in [0.25, 0.3) is 0 Å². The van der Waals surface area contributed by atoms with Crippen molar-refractivity contribution < 1.29 is 29.6 Å². The van der Waals surface area contributed by atoms with E-state index in [2.05, 4.69) is 0 Å². The van der Waals surface area contributed by atoms with Gasteiger partial charge in [0.15, 0.2) is 16.9 Å². The molecule has 0 spiro atoms. The van der Waals surface area contributed by atoms with Crippen LogP contribution in [0.5, 0.6) is 5.06 Å². The molecule has 3 N–H and O–H groups in total. The number of hydrogen-bond acceptors (Lipinski definition) is 7. The Bertz CT molecular complexity index is 438. The molecule has 2 rings (SSSR count). The number of carbonyl (C=O) groups is 1. The van der Waals surface area contributed by atoms with Crippen molar-refractivity contribution in [2.24, 2.45) is 0 Å². The van der Waals surface area contributed by atoms with Crippen molar-refractivity contribution in [1.82, 2.24) is 0 Å². The first-order valence-electron chi connectivity index (χ1n) is 4.78. The second-order valence-electron chi connectivity index (χ2n) is 3.32. The van der Waals surface area contributed by atoms with Crippen molar-refractivity contribution in [3.63, 3.8) is 0 Å². The van der Waals surface area contributed by atoms with E-state index in [4.69, 9.17) is 14.6 Å². The van der Waals surface area contributed by atoms with Gasteiger partial charge in [-0.3, -0.25) is 0 Å². The van der Waals surface area contributed by atoms with Crippen LogP contribution in [-0.4, -0.2) is 40.1 Å². The molecule has 0 saturated carbocycles. The van der Waals surface area contributed by atoms with Crippen molar-refractivity contribution >= 4 is 17.3 Å². The van der Waals surface area contributed by atoms with Crippen LogP contribution >= 0.6 is 11.3 Å². The third-order valence-corrected chi connectivity index (χ3v) is 2.91. The summed E-state index contributed by atoms with van der Waals surface area (Å²) in [4.78, 5) is 11.1. The minimum atomic E-state index is -1.33. The van der Waals surface area contributed by atoms with E-state index >= 15 is 0 Å². The average Bonchev–Trinajstić information content (AvgIpc) is 2.92. The number of ether oxygens (including phenoxy) is 2. The molecular formula is C10H10O6S. The summed E-state index contributed by atoms with van der Waals surface area (Å²) in [6.45, 7) is -0.609. The van der Waals surface area contributed by atoms with E-state index in [1.54, 1.807) is 17.5 Å². The first kappa shape index (κ1) is 11.9. The van der Waals surface area contributed by atoms with E-state index in [-0.39, 0.29) is 5.76 Å². The minimum Gasteiger partial charge on any atom is -0.499 e. The maximum absolute atomic E-state index is 11.1. The minimum absolute atomic E-state index is 0.181. The number of hydrogen-bond donors (Lipinski definition) is 3. The number of thiophene rings is 1. The molecule has 1 aromatic heterocycles. The summed E-state index contributed by atoms with van der Waals surface area (Å²) in [6, 6.07) is 3.36. The molecular weight excluding hydrogens is 248 g/mol. The highest BCUT2D eigenvalue weighted by Crippen LogP contribution is 2.29. The van der Waals surface area contributed by atoms with Crippen LogP contribution < -0.4 is 4.74 Å².